The van der Waals surface area contributed by atoms with Crippen molar-refractivity contribution in [2.75, 3.05) is 5.32 Å². The smallest absolute Gasteiger partial charge is 0.247 e. The summed E-state index contributed by atoms with van der Waals surface area (Å²) in [5.74, 6) is -0.793. The van der Waals surface area contributed by atoms with Gasteiger partial charge in [0.2, 0.25) is 5.91 Å². The van der Waals surface area contributed by atoms with Crippen LogP contribution < -0.4 is 5.32 Å². The van der Waals surface area contributed by atoms with Crippen LogP contribution >= 0.6 is 11.8 Å². The Labute approximate surface area is 182 Å². The summed E-state index contributed by atoms with van der Waals surface area (Å²) in [5, 5.41) is 3.24. The molecular formula is C23H20F2N4OS. The van der Waals surface area contributed by atoms with Crippen LogP contribution in [0.2, 0.25) is 0 Å². The molecule has 4 rings (SSSR count). The van der Waals surface area contributed by atoms with Crippen LogP contribution in [-0.4, -0.2) is 20.4 Å². The molecule has 1 amide bonds. The average Bonchev–Trinajstić information content (AvgIpc) is 3.14. The molecule has 8 heteroatoms. The van der Waals surface area contributed by atoms with Crippen molar-refractivity contribution in [1.82, 2.24) is 14.5 Å². The molecule has 0 aliphatic heterocycles. The summed E-state index contributed by atoms with van der Waals surface area (Å²) >= 11 is 1.34. The average molecular weight is 439 g/mol. The van der Waals surface area contributed by atoms with E-state index in [1.807, 2.05) is 6.92 Å². The highest BCUT2D eigenvalue weighted by atomic mass is 32.2. The monoisotopic (exact) mass is 438 g/mol. The maximum Gasteiger partial charge on any atom is 0.247 e. The van der Waals surface area contributed by atoms with E-state index in [9.17, 15) is 13.6 Å². The van der Waals surface area contributed by atoms with Gasteiger partial charge in [-0.1, -0.05) is 49.0 Å². The van der Waals surface area contributed by atoms with Crippen molar-refractivity contribution in [2.24, 2.45) is 0 Å². The van der Waals surface area contributed by atoms with Gasteiger partial charge in [0.1, 0.15) is 17.7 Å². The lowest BCUT2D eigenvalue weighted by molar-refractivity contribution is -0.119. The molecule has 4 aromatic rings. The number of fused-ring (bicyclic) bond motifs is 1. The van der Waals surface area contributed by atoms with E-state index in [0.29, 0.717) is 33.9 Å². The number of carbonyl (C=O) groups is 1. The maximum absolute atomic E-state index is 14.1. The Hall–Kier alpha value is -3.26. The summed E-state index contributed by atoms with van der Waals surface area (Å²) in [6, 6.07) is 13.7. The molecule has 31 heavy (non-hydrogen) atoms. The van der Waals surface area contributed by atoms with E-state index >= 15 is 0 Å². The van der Waals surface area contributed by atoms with Crippen molar-refractivity contribution in [1.29, 1.82) is 0 Å². The Balaban J connectivity index is 1.68. The lowest BCUT2D eigenvalue weighted by Gasteiger charge is -2.20. The van der Waals surface area contributed by atoms with Gasteiger partial charge in [-0.15, -0.1) is 0 Å². The predicted octanol–water partition coefficient (Wildman–Crippen LogP) is 5.59. The highest BCUT2D eigenvalue weighted by molar-refractivity contribution is 7.98. The van der Waals surface area contributed by atoms with Gasteiger partial charge < -0.3 is 9.88 Å². The fourth-order valence-electron chi connectivity index (χ4n) is 3.34. The lowest BCUT2D eigenvalue weighted by atomic mass is 10.2. The number of benzene rings is 2. The van der Waals surface area contributed by atoms with E-state index in [4.69, 9.17) is 0 Å². The van der Waals surface area contributed by atoms with Gasteiger partial charge in [-0.2, -0.15) is 0 Å². The van der Waals surface area contributed by atoms with Gasteiger partial charge >= 0.3 is 0 Å². The largest absolute Gasteiger partial charge is 0.322 e. The number of rotatable bonds is 7. The Bertz CT molecular complexity index is 1230. The van der Waals surface area contributed by atoms with Crippen LogP contribution in [0.15, 0.2) is 72.1 Å². The van der Waals surface area contributed by atoms with Crippen molar-refractivity contribution >= 4 is 34.4 Å². The zero-order chi connectivity index (χ0) is 21.8. The van der Waals surface area contributed by atoms with Gasteiger partial charge in [0.15, 0.2) is 5.16 Å². The number of anilines is 1. The third-order valence-corrected chi connectivity index (χ3v) is 5.91. The summed E-state index contributed by atoms with van der Waals surface area (Å²) in [7, 11) is 0. The molecule has 2 aromatic carbocycles. The third kappa shape index (κ3) is 4.44. The minimum absolute atomic E-state index is 0.119. The van der Waals surface area contributed by atoms with Gasteiger partial charge in [-0.05, 0) is 36.2 Å². The lowest BCUT2D eigenvalue weighted by Crippen LogP contribution is -2.26. The van der Waals surface area contributed by atoms with Crippen LogP contribution in [0.5, 0.6) is 0 Å². The quantitative estimate of drug-likeness (QED) is 0.382. The minimum atomic E-state index is -0.642. The second-order valence-corrected chi connectivity index (χ2v) is 7.84. The second kappa shape index (κ2) is 9.26. The second-order valence-electron chi connectivity index (χ2n) is 6.90. The number of hydrogen-bond donors (Lipinski definition) is 1. The number of nitrogens with one attached hydrogen (secondary N) is 1. The molecule has 0 aliphatic carbocycles. The molecule has 0 fully saturated rings. The molecule has 1 atom stereocenters. The molecule has 2 aromatic heterocycles. The maximum atomic E-state index is 14.1. The summed E-state index contributed by atoms with van der Waals surface area (Å²) in [4.78, 5) is 21.9. The van der Waals surface area contributed by atoms with Gasteiger partial charge in [0, 0.05) is 11.9 Å². The van der Waals surface area contributed by atoms with Crippen molar-refractivity contribution in [3.8, 4) is 0 Å². The molecule has 2 heterocycles. The van der Waals surface area contributed by atoms with E-state index in [0.717, 1.165) is 0 Å². The van der Waals surface area contributed by atoms with E-state index in [1.165, 1.54) is 30.0 Å². The number of carbonyl (C=O) groups excluding carboxylic acids is 1. The summed E-state index contributed by atoms with van der Waals surface area (Å²) < 4.78 is 29.9. The summed E-state index contributed by atoms with van der Waals surface area (Å²) in [5.41, 5.74) is 2.04. The molecule has 0 saturated heterocycles. The first kappa shape index (κ1) is 21.0. The number of pyridine rings is 1. The van der Waals surface area contributed by atoms with Crippen molar-refractivity contribution < 1.29 is 13.6 Å². The number of imidazole rings is 1. The first-order chi connectivity index (χ1) is 15.1. The normalized spacial score (nSPS) is 12.1. The standard InChI is InChI=1S/C23H20F2N4OS/c1-2-20(22(30)27-18-10-6-5-9-17(18)25)29-21-13-26-12-11-19(21)28-23(29)31-14-15-7-3-4-8-16(15)24/h3-13,20H,2,14H2,1H3,(H,27,30)/t20-/m0/s1. The van der Waals surface area contributed by atoms with Crippen LogP contribution in [-0.2, 0) is 10.5 Å². The summed E-state index contributed by atoms with van der Waals surface area (Å²) in [6.45, 7) is 1.87. The van der Waals surface area contributed by atoms with E-state index in [-0.39, 0.29) is 17.4 Å². The van der Waals surface area contributed by atoms with Crippen LogP contribution in [0.4, 0.5) is 14.5 Å². The van der Waals surface area contributed by atoms with Crippen molar-refractivity contribution in [3.05, 3.63) is 84.2 Å². The van der Waals surface area contributed by atoms with Crippen LogP contribution in [0, 0.1) is 11.6 Å². The number of nitrogens with zero attached hydrogens (tertiary/aromatic N) is 3. The zero-order valence-corrected chi connectivity index (χ0v) is 17.6. The molecule has 0 bridgehead atoms. The Morgan fingerprint density at radius 2 is 1.84 bits per heavy atom. The molecule has 0 unspecified atom stereocenters. The number of hydrogen-bond acceptors (Lipinski definition) is 4. The van der Waals surface area contributed by atoms with Crippen molar-refractivity contribution in [2.45, 2.75) is 30.3 Å². The van der Waals surface area contributed by atoms with Gasteiger partial charge in [0.25, 0.3) is 0 Å². The molecule has 5 nitrogen and oxygen atoms in total. The molecule has 0 radical (unpaired) electrons. The highest BCUT2D eigenvalue weighted by Crippen LogP contribution is 2.32. The summed E-state index contributed by atoms with van der Waals surface area (Å²) in [6.07, 6.45) is 3.73. The molecule has 0 saturated carbocycles. The number of halogens is 2. The molecule has 158 valence electrons. The van der Waals surface area contributed by atoms with Gasteiger partial charge in [-0.25, -0.2) is 13.8 Å². The first-order valence-corrected chi connectivity index (χ1v) is 10.8. The number of aromatic nitrogens is 3. The first-order valence-electron chi connectivity index (χ1n) is 9.82. The van der Waals surface area contributed by atoms with Crippen LogP contribution in [0.1, 0.15) is 24.9 Å². The van der Waals surface area contributed by atoms with Crippen LogP contribution in [0.3, 0.4) is 0 Å². The zero-order valence-electron chi connectivity index (χ0n) is 16.8. The molecule has 0 aliphatic rings. The van der Waals surface area contributed by atoms with Gasteiger partial charge in [0.05, 0.1) is 22.9 Å². The fraction of sp³-hybridized carbons (Fsp3) is 0.174. The SMILES string of the molecule is CC[C@@H](C(=O)Nc1ccccc1F)n1c(SCc2ccccc2F)nc2ccncc21. The van der Waals surface area contributed by atoms with Crippen molar-refractivity contribution in [3.63, 3.8) is 0 Å². The fourth-order valence-corrected chi connectivity index (χ4v) is 4.39. The molecular weight excluding hydrogens is 418 g/mol. The van der Waals surface area contributed by atoms with E-state index in [2.05, 4.69) is 15.3 Å². The Morgan fingerprint density at radius 3 is 2.58 bits per heavy atom. The number of thioether (sulfide) groups is 1. The molecule has 1 N–H and O–H groups in total. The number of para-hydroxylation sites is 1. The Morgan fingerprint density at radius 1 is 1.10 bits per heavy atom. The third-order valence-electron chi connectivity index (χ3n) is 4.91. The minimum Gasteiger partial charge on any atom is -0.322 e. The number of amides is 1. The Kier molecular flexibility index (Phi) is 6.27. The topological polar surface area (TPSA) is 59.8 Å². The highest BCUT2D eigenvalue weighted by Gasteiger charge is 2.25. The van der Waals surface area contributed by atoms with Crippen LogP contribution in [0.25, 0.3) is 11.0 Å². The van der Waals surface area contributed by atoms with Gasteiger partial charge in [-0.3, -0.25) is 9.78 Å². The predicted molar refractivity (Wildman–Crippen MR) is 118 cm³/mol. The molecule has 0 spiro atoms. The van der Waals surface area contributed by atoms with E-state index < -0.39 is 11.9 Å². The van der Waals surface area contributed by atoms with E-state index in [1.54, 1.807) is 53.4 Å².